The fourth-order valence-corrected chi connectivity index (χ4v) is 4.84. The van der Waals surface area contributed by atoms with Gasteiger partial charge in [0.25, 0.3) is 0 Å². The van der Waals surface area contributed by atoms with Gasteiger partial charge in [-0.25, -0.2) is 9.56 Å². The Balaban J connectivity index is 2.24. The van der Waals surface area contributed by atoms with Crippen LogP contribution in [0.1, 0.15) is 12.5 Å². The van der Waals surface area contributed by atoms with Crippen molar-refractivity contribution in [2.75, 3.05) is 6.61 Å². The van der Waals surface area contributed by atoms with Crippen LogP contribution in [0.5, 0.6) is 0 Å². The lowest BCUT2D eigenvalue weighted by atomic mass is 10.1. The standard InChI is InChI=1S/C22H20NO3P/c1-2-26-22(24)21(18-12-6-3-7-13-18)23-27(25,19-14-8-4-9-15-19)20-16-10-5-11-17-20/h3-17H,2H2,1H3/b23-21+. The summed E-state index contributed by atoms with van der Waals surface area (Å²) in [7, 11) is -3.44. The third kappa shape index (κ3) is 4.24. The maximum Gasteiger partial charge on any atom is 0.357 e. The first-order valence-electron chi connectivity index (χ1n) is 8.69. The zero-order valence-corrected chi connectivity index (χ0v) is 15.9. The van der Waals surface area contributed by atoms with E-state index >= 15 is 0 Å². The van der Waals surface area contributed by atoms with Crippen molar-refractivity contribution < 1.29 is 14.1 Å². The Bertz CT molecular complexity index is 927. The molecule has 3 rings (SSSR count). The van der Waals surface area contributed by atoms with Gasteiger partial charge < -0.3 is 4.74 Å². The van der Waals surface area contributed by atoms with E-state index < -0.39 is 13.3 Å². The normalized spacial score (nSPS) is 11.8. The van der Waals surface area contributed by atoms with Crippen molar-refractivity contribution in [3.63, 3.8) is 0 Å². The molecule has 0 bridgehead atoms. The summed E-state index contributed by atoms with van der Waals surface area (Å²) in [5.41, 5.74) is 0.636. The third-order valence-electron chi connectivity index (χ3n) is 3.97. The van der Waals surface area contributed by atoms with Gasteiger partial charge in [-0.1, -0.05) is 66.7 Å². The number of hydrogen-bond acceptors (Lipinski definition) is 3. The average molecular weight is 377 g/mol. The molecule has 0 fully saturated rings. The summed E-state index contributed by atoms with van der Waals surface area (Å²) < 4.78 is 23.8. The average Bonchev–Trinajstić information content (AvgIpc) is 2.74. The SMILES string of the molecule is CCOC(=O)/C(=N/P(=O)(c1ccccc1)c1ccccc1)c1ccccc1. The maximum atomic E-state index is 14.1. The lowest BCUT2D eigenvalue weighted by molar-refractivity contribution is -0.134. The van der Waals surface area contributed by atoms with E-state index in [-0.39, 0.29) is 12.3 Å². The van der Waals surface area contributed by atoms with Gasteiger partial charge in [-0.3, -0.25) is 4.57 Å². The summed E-state index contributed by atoms with van der Waals surface area (Å²) in [6.45, 7) is 1.94. The fourth-order valence-electron chi connectivity index (χ4n) is 2.68. The number of carbonyl (C=O) groups excluding carboxylic acids is 1. The van der Waals surface area contributed by atoms with Crippen LogP contribution in [0.3, 0.4) is 0 Å². The van der Waals surface area contributed by atoms with Gasteiger partial charge in [-0.15, -0.1) is 0 Å². The predicted octanol–water partition coefficient (Wildman–Crippen LogP) is 3.97. The highest BCUT2D eigenvalue weighted by atomic mass is 31.2. The van der Waals surface area contributed by atoms with Crippen LogP contribution in [0.15, 0.2) is 95.8 Å². The molecule has 0 aliphatic rings. The molecule has 0 heterocycles. The van der Waals surface area contributed by atoms with Crippen LogP contribution in [-0.2, 0) is 14.1 Å². The Morgan fingerprint density at radius 3 is 1.70 bits per heavy atom. The molecule has 27 heavy (non-hydrogen) atoms. The largest absolute Gasteiger partial charge is 0.461 e. The van der Waals surface area contributed by atoms with Crippen LogP contribution in [-0.4, -0.2) is 18.3 Å². The van der Waals surface area contributed by atoms with Crippen molar-refractivity contribution in [1.29, 1.82) is 0 Å². The topological polar surface area (TPSA) is 55.7 Å². The molecule has 0 saturated carbocycles. The molecule has 3 aromatic rings. The molecule has 0 atom stereocenters. The van der Waals surface area contributed by atoms with E-state index in [2.05, 4.69) is 4.76 Å². The quantitative estimate of drug-likeness (QED) is 0.371. The molecule has 0 aliphatic heterocycles. The molecule has 0 saturated heterocycles. The van der Waals surface area contributed by atoms with E-state index in [0.29, 0.717) is 16.2 Å². The van der Waals surface area contributed by atoms with Crippen LogP contribution >= 0.6 is 7.29 Å². The number of benzene rings is 3. The van der Waals surface area contributed by atoms with Gasteiger partial charge in [0, 0.05) is 16.2 Å². The number of ether oxygens (including phenoxy) is 1. The molecule has 0 aromatic heterocycles. The summed E-state index contributed by atoms with van der Waals surface area (Å²) in [5, 5.41) is 1.13. The monoisotopic (exact) mass is 377 g/mol. The molecule has 0 amide bonds. The molecule has 0 spiro atoms. The summed E-state index contributed by atoms with van der Waals surface area (Å²) in [6, 6.07) is 27.0. The first kappa shape index (κ1) is 18.8. The van der Waals surface area contributed by atoms with Crippen molar-refractivity contribution in [2.45, 2.75) is 6.92 Å². The maximum absolute atomic E-state index is 14.1. The Morgan fingerprint density at radius 2 is 1.26 bits per heavy atom. The lowest BCUT2D eigenvalue weighted by Gasteiger charge is -2.17. The number of nitrogens with zero attached hydrogens (tertiary/aromatic N) is 1. The van der Waals surface area contributed by atoms with Crippen LogP contribution in [0.25, 0.3) is 0 Å². The number of carbonyl (C=O) groups is 1. The second-order valence-corrected chi connectivity index (χ2v) is 8.17. The van der Waals surface area contributed by atoms with Crippen molar-refractivity contribution >= 4 is 29.6 Å². The number of esters is 1. The minimum Gasteiger partial charge on any atom is -0.461 e. The Kier molecular flexibility index (Phi) is 6.00. The van der Waals surface area contributed by atoms with Crippen LogP contribution < -0.4 is 10.6 Å². The van der Waals surface area contributed by atoms with Crippen molar-refractivity contribution in [3.05, 3.63) is 96.6 Å². The highest BCUT2D eigenvalue weighted by Crippen LogP contribution is 2.45. The van der Waals surface area contributed by atoms with E-state index in [1.54, 1.807) is 55.5 Å². The molecule has 136 valence electrons. The molecule has 0 unspecified atom stereocenters. The molecule has 3 aromatic carbocycles. The second kappa shape index (κ2) is 8.61. The Morgan fingerprint density at radius 1 is 0.815 bits per heavy atom. The predicted molar refractivity (Wildman–Crippen MR) is 109 cm³/mol. The molecule has 0 aliphatic carbocycles. The summed E-state index contributed by atoms with van der Waals surface area (Å²) in [5.74, 6) is -0.587. The van der Waals surface area contributed by atoms with E-state index in [9.17, 15) is 9.36 Å². The molecule has 0 radical (unpaired) electrons. The van der Waals surface area contributed by atoms with Gasteiger partial charge in [-0.05, 0) is 31.2 Å². The Labute approximate surface area is 159 Å². The molecular weight excluding hydrogens is 357 g/mol. The molecule has 0 N–H and O–H groups in total. The van der Waals surface area contributed by atoms with Gasteiger partial charge in [0.1, 0.15) is 0 Å². The smallest absolute Gasteiger partial charge is 0.357 e. The lowest BCUT2D eigenvalue weighted by Crippen LogP contribution is -2.22. The Hall–Kier alpha value is -2.97. The third-order valence-corrected chi connectivity index (χ3v) is 6.45. The van der Waals surface area contributed by atoms with Crippen LogP contribution in [0.4, 0.5) is 0 Å². The minimum absolute atomic E-state index is 0.0634. The summed E-state index contributed by atoms with van der Waals surface area (Å²) in [6.07, 6.45) is 0. The zero-order valence-electron chi connectivity index (χ0n) is 15.0. The van der Waals surface area contributed by atoms with Gasteiger partial charge in [0.05, 0.1) is 6.61 Å². The molecule has 5 heteroatoms. The first-order valence-corrected chi connectivity index (χ1v) is 10.3. The fraction of sp³-hybridized carbons (Fsp3) is 0.0909. The minimum atomic E-state index is -3.44. The van der Waals surface area contributed by atoms with Gasteiger partial charge in [-0.2, -0.15) is 0 Å². The summed E-state index contributed by atoms with van der Waals surface area (Å²) >= 11 is 0. The van der Waals surface area contributed by atoms with E-state index in [0.717, 1.165) is 0 Å². The van der Waals surface area contributed by atoms with E-state index in [1.807, 2.05) is 42.5 Å². The van der Waals surface area contributed by atoms with E-state index in [4.69, 9.17) is 4.74 Å². The second-order valence-electron chi connectivity index (χ2n) is 5.78. The van der Waals surface area contributed by atoms with Crippen LogP contribution in [0, 0.1) is 0 Å². The van der Waals surface area contributed by atoms with Crippen molar-refractivity contribution in [1.82, 2.24) is 0 Å². The van der Waals surface area contributed by atoms with E-state index in [1.165, 1.54) is 0 Å². The van der Waals surface area contributed by atoms with Gasteiger partial charge in [0.15, 0.2) is 5.71 Å². The van der Waals surface area contributed by atoms with Crippen molar-refractivity contribution in [2.24, 2.45) is 4.76 Å². The number of hydrogen-bond donors (Lipinski definition) is 0. The molecular formula is C22H20NO3P. The highest BCUT2D eigenvalue weighted by Gasteiger charge is 2.29. The van der Waals surface area contributed by atoms with Crippen molar-refractivity contribution in [3.8, 4) is 0 Å². The van der Waals surface area contributed by atoms with Gasteiger partial charge >= 0.3 is 5.97 Å². The van der Waals surface area contributed by atoms with Crippen LogP contribution in [0.2, 0.25) is 0 Å². The number of rotatable bonds is 6. The summed E-state index contributed by atoms with van der Waals surface area (Å²) in [4.78, 5) is 12.6. The first-order chi connectivity index (χ1) is 13.1. The molecule has 4 nitrogen and oxygen atoms in total. The van der Waals surface area contributed by atoms with Gasteiger partial charge in [0.2, 0.25) is 7.29 Å². The zero-order chi connectivity index (χ0) is 19.1. The highest BCUT2D eigenvalue weighted by molar-refractivity contribution is 7.77.